The van der Waals surface area contributed by atoms with Crippen LogP contribution in [-0.4, -0.2) is 34.8 Å². The third kappa shape index (κ3) is 3.76. The first-order chi connectivity index (χ1) is 10.8. The van der Waals surface area contributed by atoms with Gasteiger partial charge in [0.15, 0.2) is 15.0 Å². The number of aromatic nitrogens is 2. The van der Waals surface area contributed by atoms with E-state index in [1.165, 1.54) is 25.2 Å². The Balaban J connectivity index is 2.17. The molecule has 0 aliphatic carbocycles. The lowest BCUT2D eigenvalue weighted by atomic mass is 10.2. The van der Waals surface area contributed by atoms with Crippen LogP contribution >= 0.6 is 11.3 Å². The molecule has 0 unspecified atom stereocenters. The van der Waals surface area contributed by atoms with Crippen LogP contribution in [0.4, 0.5) is 5.13 Å². The van der Waals surface area contributed by atoms with Gasteiger partial charge in [0.1, 0.15) is 4.75 Å². The number of hydrogen-bond donors (Lipinski definition) is 1. The van der Waals surface area contributed by atoms with Crippen molar-refractivity contribution in [3.05, 3.63) is 29.9 Å². The summed E-state index contributed by atoms with van der Waals surface area (Å²) in [5, 5.41) is 4.77. The smallest absolute Gasteiger partial charge is 0.247 e. The lowest BCUT2D eigenvalue weighted by Crippen LogP contribution is -2.45. The summed E-state index contributed by atoms with van der Waals surface area (Å²) in [6.07, 6.45) is 3.82. The van der Waals surface area contributed by atoms with Gasteiger partial charge >= 0.3 is 0 Å². The number of anilines is 1. The number of rotatable bonds is 6. The highest BCUT2D eigenvalue weighted by atomic mass is 32.2. The molecule has 0 spiro atoms. The van der Waals surface area contributed by atoms with Gasteiger partial charge in [0.2, 0.25) is 5.91 Å². The number of thiazole rings is 1. The molecule has 2 aromatic rings. The fourth-order valence-corrected chi connectivity index (χ4v) is 3.99. The molecule has 0 atom stereocenters. The average Bonchev–Trinajstić information content (AvgIpc) is 2.96. The van der Waals surface area contributed by atoms with E-state index in [2.05, 4.69) is 15.3 Å². The molecule has 2 rings (SSSR count). The highest BCUT2D eigenvalue weighted by Crippen LogP contribution is 2.26. The molecular formula is C15H19N3O3S2. The van der Waals surface area contributed by atoms with E-state index in [9.17, 15) is 13.2 Å². The molecule has 2 aromatic heterocycles. The Morgan fingerprint density at radius 1 is 1.39 bits per heavy atom. The Labute approximate surface area is 139 Å². The summed E-state index contributed by atoms with van der Waals surface area (Å²) in [6.45, 7) is 4.61. The van der Waals surface area contributed by atoms with Crippen molar-refractivity contribution in [1.29, 1.82) is 0 Å². The molecule has 0 aliphatic rings. The van der Waals surface area contributed by atoms with Crippen molar-refractivity contribution in [3.63, 3.8) is 0 Å². The number of carbonyl (C=O) groups excluding carboxylic acids is 1. The van der Waals surface area contributed by atoms with Crippen LogP contribution in [0.3, 0.4) is 0 Å². The van der Waals surface area contributed by atoms with Crippen LogP contribution in [0.1, 0.15) is 27.2 Å². The molecule has 1 amide bonds. The molecule has 0 fully saturated rings. The zero-order valence-electron chi connectivity index (χ0n) is 13.2. The highest BCUT2D eigenvalue weighted by Gasteiger charge is 2.41. The van der Waals surface area contributed by atoms with Gasteiger partial charge in [-0.05, 0) is 32.4 Å². The second-order valence-electron chi connectivity index (χ2n) is 5.56. The molecule has 124 valence electrons. The number of amides is 1. The van der Waals surface area contributed by atoms with Gasteiger partial charge in [-0.3, -0.25) is 9.78 Å². The first-order valence-electron chi connectivity index (χ1n) is 7.17. The van der Waals surface area contributed by atoms with Gasteiger partial charge in [-0.25, -0.2) is 13.4 Å². The van der Waals surface area contributed by atoms with E-state index in [0.717, 1.165) is 5.56 Å². The van der Waals surface area contributed by atoms with E-state index in [-0.39, 0.29) is 5.75 Å². The number of pyridine rings is 1. The lowest BCUT2D eigenvalue weighted by molar-refractivity contribution is -0.117. The third-order valence-electron chi connectivity index (χ3n) is 3.48. The highest BCUT2D eigenvalue weighted by molar-refractivity contribution is 7.93. The van der Waals surface area contributed by atoms with Crippen molar-refractivity contribution in [2.45, 2.75) is 31.9 Å². The van der Waals surface area contributed by atoms with Gasteiger partial charge in [-0.1, -0.05) is 6.92 Å². The molecule has 0 radical (unpaired) electrons. The van der Waals surface area contributed by atoms with E-state index in [4.69, 9.17) is 0 Å². The maximum absolute atomic E-state index is 12.4. The van der Waals surface area contributed by atoms with E-state index >= 15 is 0 Å². The van der Waals surface area contributed by atoms with Crippen LogP contribution in [0.2, 0.25) is 0 Å². The fourth-order valence-electron chi connectivity index (χ4n) is 1.89. The minimum Gasteiger partial charge on any atom is -0.301 e. The second-order valence-corrected chi connectivity index (χ2v) is 9.08. The third-order valence-corrected chi connectivity index (χ3v) is 6.92. The Hall–Kier alpha value is -1.80. The van der Waals surface area contributed by atoms with Crippen LogP contribution < -0.4 is 5.32 Å². The molecule has 8 heteroatoms. The molecule has 0 aliphatic heterocycles. The number of hydrogen-bond acceptors (Lipinski definition) is 6. The van der Waals surface area contributed by atoms with Crippen molar-refractivity contribution in [3.8, 4) is 11.3 Å². The number of nitrogens with zero attached hydrogens (tertiary/aromatic N) is 2. The van der Waals surface area contributed by atoms with Gasteiger partial charge in [-0.15, -0.1) is 11.3 Å². The first kappa shape index (κ1) is 17.6. The van der Waals surface area contributed by atoms with E-state index in [1.807, 2.05) is 6.07 Å². The van der Waals surface area contributed by atoms with Gasteiger partial charge < -0.3 is 5.32 Å². The maximum Gasteiger partial charge on any atom is 0.247 e. The van der Waals surface area contributed by atoms with Gasteiger partial charge in [0.05, 0.1) is 11.4 Å². The van der Waals surface area contributed by atoms with Gasteiger partial charge in [0.25, 0.3) is 0 Å². The summed E-state index contributed by atoms with van der Waals surface area (Å²) in [5.74, 6) is -0.593. The summed E-state index contributed by atoms with van der Waals surface area (Å²) in [6, 6.07) is 3.66. The summed E-state index contributed by atoms with van der Waals surface area (Å²) in [7, 11) is -3.52. The van der Waals surface area contributed by atoms with Gasteiger partial charge in [0, 0.05) is 23.3 Å². The molecule has 23 heavy (non-hydrogen) atoms. The molecule has 0 saturated carbocycles. The Morgan fingerprint density at radius 2 is 2.13 bits per heavy atom. The second kappa shape index (κ2) is 6.76. The normalized spacial score (nSPS) is 12.1. The molecular weight excluding hydrogens is 334 g/mol. The summed E-state index contributed by atoms with van der Waals surface area (Å²) in [4.78, 5) is 20.7. The van der Waals surface area contributed by atoms with E-state index in [0.29, 0.717) is 17.2 Å². The van der Waals surface area contributed by atoms with Crippen LogP contribution in [-0.2, 0) is 14.6 Å². The van der Waals surface area contributed by atoms with Crippen LogP contribution in [0.25, 0.3) is 11.3 Å². The fraction of sp³-hybridized carbons (Fsp3) is 0.400. The van der Waals surface area contributed by atoms with Crippen molar-refractivity contribution in [2.75, 3.05) is 11.1 Å². The average molecular weight is 353 g/mol. The van der Waals surface area contributed by atoms with E-state index < -0.39 is 20.5 Å². The monoisotopic (exact) mass is 353 g/mol. The minimum absolute atomic E-state index is 0.0216. The molecule has 0 saturated heterocycles. The molecule has 0 aromatic carbocycles. The standard InChI is InChI=1S/C15H19N3O3S2/c1-4-8-23(20,21)15(2,3)13(19)18-14-17-12(10-22-14)11-6-5-7-16-9-11/h5-7,9-10H,4,8H2,1-3H3,(H,17,18,19). The number of nitrogens with one attached hydrogen (secondary N) is 1. The minimum atomic E-state index is -3.52. The summed E-state index contributed by atoms with van der Waals surface area (Å²) < 4.78 is 23.0. The lowest BCUT2D eigenvalue weighted by Gasteiger charge is -2.22. The van der Waals surface area contributed by atoms with Crippen molar-refractivity contribution in [2.24, 2.45) is 0 Å². The van der Waals surface area contributed by atoms with Gasteiger partial charge in [-0.2, -0.15) is 0 Å². The number of sulfone groups is 1. The zero-order chi connectivity index (χ0) is 17.1. The predicted molar refractivity (Wildman–Crippen MR) is 92.1 cm³/mol. The van der Waals surface area contributed by atoms with Crippen LogP contribution in [0.5, 0.6) is 0 Å². The predicted octanol–water partition coefficient (Wildman–Crippen LogP) is 2.75. The molecule has 0 bridgehead atoms. The summed E-state index contributed by atoms with van der Waals surface area (Å²) >= 11 is 1.25. The molecule has 6 nitrogen and oxygen atoms in total. The summed E-state index contributed by atoms with van der Waals surface area (Å²) in [5.41, 5.74) is 1.52. The Morgan fingerprint density at radius 3 is 2.74 bits per heavy atom. The van der Waals surface area contributed by atoms with Crippen molar-refractivity contribution >= 4 is 32.2 Å². The first-order valence-corrected chi connectivity index (χ1v) is 9.71. The van der Waals surface area contributed by atoms with Crippen molar-refractivity contribution < 1.29 is 13.2 Å². The number of carbonyl (C=O) groups is 1. The quantitative estimate of drug-likeness (QED) is 0.862. The molecule has 1 N–H and O–H groups in total. The Kier molecular flexibility index (Phi) is 5.16. The molecule has 2 heterocycles. The van der Waals surface area contributed by atoms with E-state index in [1.54, 1.807) is 30.8 Å². The van der Waals surface area contributed by atoms with Crippen LogP contribution in [0.15, 0.2) is 29.9 Å². The maximum atomic E-state index is 12.4. The topological polar surface area (TPSA) is 89.0 Å². The SMILES string of the molecule is CCCS(=O)(=O)C(C)(C)C(=O)Nc1nc(-c2cccnc2)cs1. The van der Waals surface area contributed by atoms with Crippen LogP contribution in [0, 0.1) is 0 Å². The Bertz CT molecular complexity index is 783. The largest absolute Gasteiger partial charge is 0.301 e. The zero-order valence-corrected chi connectivity index (χ0v) is 14.9. The van der Waals surface area contributed by atoms with Crippen molar-refractivity contribution in [1.82, 2.24) is 9.97 Å².